The number of hydrogen-bond donors (Lipinski definition) is 3. The van der Waals surface area contributed by atoms with Gasteiger partial charge in [-0.1, -0.05) is 30.3 Å². The van der Waals surface area contributed by atoms with Crippen molar-refractivity contribution in [3.8, 4) is 11.1 Å². The van der Waals surface area contributed by atoms with E-state index >= 15 is 0 Å². The van der Waals surface area contributed by atoms with Crippen LogP contribution in [0.25, 0.3) is 11.1 Å². The van der Waals surface area contributed by atoms with E-state index in [4.69, 9.17) is 17.2 Å². The summed E-state index contributed by atoms with van der Waals surface area (Å²) in [6, 6.07) is 13.5. The first kappa shape index (κ1) is 10.5. The number of nitrogen functional groups attached to an aromatic ring is 2. The van der Waals surface area contributed by atoms with Crippen LogP contribution in [0.5, 0.6) is 0 Å². The molecule has 0 aliphatic carbocycles. The normalized spacial score (nSPS) is 10.3. The number of para-hydroxylation sites is 1. The van der Waals surface area contributed by atoms with E-state index in [-0.39, 0.29) is 0 Å². The van der Waals surface area contributed by atoms with Gasteiger partial charge in [0, 0.05) is 29.0 Å². The molecule has 0 unspecified atom stereocenters. The molecule has 0 aliphatic rings. The molecular weight excluding hydrogens is 198 g/mol. The average Bonchev–Trinajstić information content (AvgIpc) is 2.30. The SMILES string of the molecule is NCc1ccc(-c2ccccc2N)c(N)c1. The molecule has 2 rings (SSSR count). The van der Waals surface area contributed by atoms with Crippen molar-refractivity contribution in [3.05, 3.63) is 48.0 Å². The zero-order chi connectivity index (χ0) is 11.5. The molecule has 2 aromatic rings. The van der Waals surface area contributed by atoms with Crippen molar-refractivity contribution in [2.24, 2.45) is 5.73 Å². The molecule has 0 heterocycles. The predicted octanol–water partition coefficient (Wildman–Crippen LogP) is 1.98. The molecule has 0 radical (unpaired) electrons. The van der Waals surface area contributed by atoms with Crippen LogP contribution >= 0.6 is 0 Å². The summed E-state index contributed by atoms with van der Waals surface area (Å²) in [5.41, 5.74) is 21.8. The van der Waals surface area contributed by atoms with Crippen LogP contribution in [0.15, 0.2) is 42.5 Å². The quantitative estimate of drug-likeness (QED) is 0.667. The molecule has 2 aromatic carbocycles. The number of benzene rings is 2. The van der Waals surface area contributed by atoms with Gasteiger partial charge in [-0.2, -0.15) is 0 Å². The van der Waals surface area contributed by atoms with E-state index in [1.807, 2.05) is 42.5 Å². The van der Waals surface area contributed by atoms with Gasteiger partial charge in [-0.05, 0) is 17.7 Å². The van der Waals surface area contributed by atoms with Gasteiger partial charge in [0.15, 0.2) is 0 Å². The van der Waals surface area contributed by atoms with Crippen LogP contribution in [-0.2, 0) is 6.54 Å². The first-order chi connectivity index (χ1) is 7.72. The fraction of sp³-hybridized carbons (Fsp3) is 0.0769. The summed E-state index contributed by atoms with van der Waals surface area (Å²) in [4.78, 5) is 0. The van der Waals surface area contributed by atoms with E-state index in [0.29, 0.717) is 12.2 Å². The van der Waals surface area contributed by atoms with E-state index in [9.17, 15) is 0 Å². The second-order valence-corrected chi connectivity index (χ2v) is 3.71. The Morgan fingerprint density at radius 1 is 0.812 bits per heavy atom. The van der Waals surface area contributed by atoms with Crippen LogP contribution in [0.1, 0.15) is 5.56 Å². The minimum atomic E-state index is 0.495. The van der Waals surface area contributed by atoms with Crippen molar-refractivity contribution in [2.45, 2.75) is 6.54 Å². The van der Waals surface area contributed by atoms with Gasteiger partial charge in [0.1, 0.15) is 0 Å². The van der Waals surface area contributed by atoms with E-state index < -0.39 is 0 Å². The second kappa shape index (κ2) is 4.24. The molecule has 0 saturated heterocycles. The van der Waals surface area contributed by atoms with Crippen LogP contribution < -0.4 is 17.2 Å². The molecule has 82 valence electrons. The highest BCUT2D eigenvalue weighted by Gasteiger charge is 2.05. The largest absolute Gasteiger partial charge is 0.398 e. The van der Waals surface area contributed by atoms with Crippen molar-refractivity contribution in [1.82, 2.24) is 0 Å². The Balaban J connectivity index is 2.53. The minimum Gasteiger partial charge on any atom is -0.398 e. The highest BCUT2D eigenvalue weighted by molar-refractivity contribution is 5.84. The lowest BCUT2D eigenvalue weighted by Crippen LogP contribution is -1.99. The summed E-state index contributed by atoms with van der Waals surface area (Å²) in [6.45, 7) is 0.495. The third kappa shape index (κ3) is 1.85. The van der Waals surface area contributed by atoms with Crippen LogP contribution in [0, 0.1) is 0 Å². The molecule has 16 heavy (non-hydrogen) atoms. The van der Waals surface area contributed by atoms with Gasteiger partial charge >= 0.3 is 0 Å². The van der Waals surface area contributed by atoms with Gasteiger partial charge in [-0.15, -0.1) is 0 Å². The third-order valence-corrected chi connectivity index (χ3v) is 2.60. The smallest absolute Gasteiger partial charge is 0.0397 e. The Kier molecular flexibility index (Phi) is 2.79. The highest BCUT2D eigenvalue weighted by atomic mass is 14.6. The number of rotatable bonds is 2. The van der Waals surface area contributed by atoms with Gasteiger partial charge < -0.3 is 17.2 Å². The summed E-state index contributed by atoms with van der Waals surface area (Å²) in [6.07, 6.45) is 0. The minimum absolute atomic E-state index is 0.495. The van der Waals surface area contributed by atoms with Crippen LogP contribution in [0.2, 0.25) is 0 Å². The van der Waals surface area contributed by atoms with E-state index in [2.05, 4.69) is 0 Å². The first-order valence-corrected chi connectivity index (χ1v) is 5.15. The maximum atomic E-state index is 5.99. The summed E-state index contributed by atoms with van der Waals surface area (Å²) < 4.78 is 0. The van der Waals surface area contributed by atoms with Gasteiger partial charge in [-0.3, -0.25) is 0 Å². The Hall–Kier alpha value is -2.00. The molecule has 0 amide bonds. The molecule has 0 fully saturated rings. The molecule has 0 aliphatic heterocycles. The molecule has 3 nitrogen and oxygen atoms in total. The van der Waals surface area contributed by atoms with Gasteiger partial charge in [0.25, 0.3) is 0 Å². The predicted molar refractivity (Wildman–Crippen MR) is 68.6 cm³/mol. The van der Waals surface area contributed by atoms with E-state index in [0.717, 1.165) is 22.4 Å². The zero-order valence-electron chi connectivity index (χ0n) is 8.98. The highest BCUT2D eigenvalue weighted by Crippen LogP contribution is 2.30. The summed E-state index contributed by atoms with van der Waals surface area (Å²) in [7, 11) is 0. The summed E-state index contributed by atoms with van der Waals surface area (Å²) in [5, 5.41) is 0. The van der Waals surface area contributed by atoms with E-state index in [1.165, 1.54) is 0 Å². The van der Waals surface area contributed by atoms with Crippen LogP contribution in [0.3, 0.4) is 0 Å². The molecule has 0 saturated carbocycles. The maximum Gasteiger partial charge on any atom is 0.0397 e. The molecule has 0 aromatic heterocycles. The van der Waals surface area contributed by atoms with Crippen molar-refractivity contribution in [3.63, 3.8) is 0 Å². The third-order valence-electron chi connectivity index (χ3n) is 2.60. The standard InChI is InChI=1S/C13H15N3/c14-8-9-5-6-11(13(16)7-9)10-3-1-2-4-12(10)15/h1-7H,8,14-16H2. The lowest BCUT2D eigenvalue weighted by atomic mass is 10.0. The van der Waals surface area contributed by atoms with Gasteiger partial charge in [0.05, 0.1) is 0 Å². The lowest BCUT2D eigenvalue weighted by molar-refractivity contribution is 1.07. The summed E-state index contributed by atoms with van der Waals surface area (Å²) in [5.74, 6) is 0. The molecule has 0 bridgehead atoms. The Morgan fingerprint density at radius 3 is 2.12 bits per heavy atom. The molecule has 0 atom stereocenters. The zero-order valence-corrected chi connectivity index (χ0v) is 8.98. The van der Waals surface area contributed by atoms with Gasteiger partial charge in [0.2, 0.25) is 0 Å². The van der Waals surface area contributed by atoms with E-state index in [1.54, 1.807) is 0 Å². The fourth-order valence-electron chi connectivity index (χ4n) is 1.73. The number of nitrogens with two attached hydrogens (primary N) is 3. The average molecular weight is 213 g/mol. The maximum absolute atomic E-state index is 5.99. The lowest BCUT2D eigenvalue weighted by Gasteiger charge is -2.09. The first-order valence-electron chi connectivity index (χ1n) is 5.15. The van der Waals surface area contributed by atoms with Crippen LogP contribution in [-0.4, -0.2) is 0 Å². The van der Waals surface area contributed by atoms with Crippen molar-refractivity contribution in [2.75, 3.05) is 11.5 Å². The monoisotopic (exact) mass is 213 g/mol. The molecule has 3 heteroatoms. The Bertz CT molecular complexity index is 506. The fourth-order valence-corrected chi connectivity index (χ4v) is 1.73. The topological polar surface area (TPSA) is 78.1 Å². The molecule has 0 spiro atoms. The summed E-state index contributed by atoms with van der Waals surface area (Å²) >= 11 is 0. The number of anilines is 2. The Labute approximate surface area is 94.9 Å². The molecular formula is C13H15N3. The Morgan fingerprint density at radius 2 is 1.50 bits per heavy atom. The van der Waals surface area contributed by atoms with Crippen molar-refractivity contribution >= 4 is 11.4 Å². The van der Waals surface area contributed by atoms with Crippen molar-refractivity contribution < 1.29 is 0 Å². The van der Waals surface area contributed by atoms with Gasteiger partial charge in [-0.25, -0.2) is 0 Å². The van der Waals surface area contributed by atoms with Crippen molar-refractivity contribution in [1.29, 1.82) is 0 Å². The molecule has 6 N–H and O–H groups in total. The second-order valence-electron chi connectivity index (χ2n) is 3.71. The van der Waals surface area contributed by atoms with Crippen LogP contribution in [0.4, 0.5) is 11.4 Å². The number of hydrogen-bond acceptors (Lipinski definition) is 3.